The molecule has 0 bridgehead atoms. The van der Waals surface area contributed by atoms with E-state index in [1.54, 1.807) is 19.2 Å². The molecule has 0 amide bonds. The number of phenols is 1. The zero-order valence-electron chi connectivity index (χ0n) is 19.2. The number of aromatic nitrogens is 2. The first-order valence-electron chi connectivity index (χ1n) is 11.6. The number of aliphatic hydroxyl groups is 1. The van der Waals surface area contributed by atoms with Crippen molar-refractivity contribution in [3.63, 3.8) is 0 Å². The normalized spacial score (nSPS) is 23.5. The molecule has 2 aliphatic heterocycles. The number of aliphatic hydroxyl groups excluding tert-OH is 1. The van der Waals surface area contributed by atoms with Gasteiger partial charge in [0.15, 0.2) is 0 Å². The fourth-order valence-corrected chi connectivity index (χ4v) is 4.91. The number of aromatic amines is 1. The lowest BCUT2D eigenvalue weighted by atomic mass is 9.99. The molecule has 0 unspecified atom stereocenters. The largest absolute Gasteiger partial charge is 0.507 e. The number of hydrogen-bond acceptors (Lipinski definition) is 7. The number of methoxy groups -OCH3 is 1. The fourth-order valence-electron chi connectivity index (χ4n) is 4.91. The molecule has 3 aromatic carbocycles. The van der Waals surface area contributed by atoms with Crippen molar-refractivity contribution in [2.45, 2.75) is 18.3 Å². The van der Waals surface area contributed by atoms with Gasteiger partial charge in [0, 0.05) is 23.1 Å². The molecular formula is C27H26N2O6. The van der Waals surface area contributed by atoms with Gasteiger partial charge in [-0.1, -0.05) is 42.5 Å². The lowest BCUT2D eigenvalue weighted by Crippen LogP contribution is -2.31. The van der Waals surface area contributed by atoms with Crippen LogP contribution in [0.25, 0.3) is 33.3 Å². The Labute approximate surface area is 202 Å². The highest BCUT2D eigenvalue weighted by molar-refractivity contribution is 5.87. The molecule has 35 heavy (non-hydrogen) atoms. The molecule has 180 valence electrons. The number of imidazole rings is 1. The van der Waals surface area contributed by atoms with Gasteiger partial charge in [-0.3, -0.25) is 0 Å². The molecule has 0 spiro atoms. The van der Waals surface area contributed by atoms with E-state index in [0.717, 1.165) is 33.3 Å². The van der Waals surface area contributed by atoms with Gasteiger partial charge in [-0.25, -0.2) is 0 Å². The van der Waals surface area contributed by atoms with Crippen molar-refractivity contribution in [3.8, 4) is 39.8 Å². The van der Waals surface area contributed by atoms with Crippen LogP contribution >= 0.6 is 0 Å². The summed E-state index contributed by atoms with van der Waals surface area (Å²) in [7, 11) is 1.64. The minimum absolute atomic E-state index is 0.0398. The van der Waals surface area contributed by atoms with Crippen LogP contribution in [0.1, 0.15) is 0 Å². The summed E-state index contributed by atoms with van der Waals surface area (Å²) in [6.07, 6.45) is -1.00. The van der Waals surface area contributed by atoms with E-state index in [1.165, 1.54) is 0 Å². The van der Waals surface area contributed by atoms with Crippen molar-refractivity contribution in [3.05, 3.63) is 60.7 Å². The van der Waals surface area contributed by atoms with Gasteiger partial charge in [0.05, 0.1) is 44.1 Å². The smallest absolute Gasteiger partial charge is 0.294 e. The number of aromatic hydroxyl groups is 1. The van der Waals surface area contributed by atoms with Crippen LogP contribution in [0.4, 0.5) is 0 Å². The lowest BCUT2D eigenvalue weighted by molar-refractivity contribution is 0.0151. The second kappa shape index (κ2) is 8.88. The lowest BCUT2D eigenvalue weighted by Gasteiger charge is -2.15. The topological polar surface area (TPSA) is 106 Å². The van der Waals surface area contributed by atoms with Crippen molar-refractivity contribution in [1.82, 2.24) is 9.97 Å². The van der Waals surface area contributed by atoms with Gasteiger partial charge in [-0.15, -0.1) is 0 Å². The number of phenolic OH excluding ortho intramolecular Hbond substituents is 1. The molecule has 8 heteroatoms. The van der Waals surface area contributed by atoms with Crippen molar-refractivity contribution in [2.75, 3.05) is 26.9 Å². The van der Waals surface area contributed by atoms with Gasteiger partial charge >= 0.3 is 0 Å². The third-order valence-electron chi connectivity index (χ3n) is 6.76. The number of nitrogens with one attached hydrogen (secondary N) is 1. The molecule has 3 N–H and O–H groups in total. The Kier molecular flexibility index (Phi) is 5.56. The average molecular weight is 475 g/mol. The highest BCUT2D eigenvalue weighted by atomic mass is 16.6. The summed E-state index contributed by atoms with van der Waals surface area (Å²) in [5.41, 5.74) is 5.17. The van der Waals surface area contributed by atoms with E-state index >= 15 is 0 Å². The van der Waals surface area contributed by atoms with Crippen LogP contribution in [0.2, 0.25) is 0 Å². The maximum Gasteiger partial charge on any atom is 0.294 e. The van der Waals surface area contributed by atoms with E-state index in [9.17, 15) is 10.2 Å². The molecule has 8 nitrogen and oxygen atoms in total. The Bertz CT molecular complexity index is 1350. The van der Waals surface area contributed by atoms with E-state index in [4.69, 9.17) is 18.9 Å². The maximum absolute atomic E-state index is 10.2. The summed E-state index contributed by atoms with van der Waals surface area (Å²) < 4.78 is 22.9. The summed E-state index contributed by atoms with van der Waals surface area (Å²) in [6, 6.07) is 19.5. The number of para-hydroxylation sites is 1. The zero-order valence-corrected chi connectivity index (χ0v) is 19.2. The third kappa shape index (κ3) is 3.99. The van der Waals surface area contributed by atoms with E-state index in [0.29, 0.717) is 31.6 Å². The quantitative estimate of drug-likeness (QED) is 0.391. The first kappa shape index (κ1) is 21.9. The number of benzene rings is 3. The van der Waals surface area contributed by atoms with E-state index < -0.39 is 6.10 Å². The van der Waals surface area contributed by atoms with Crippen LogP contribution in [0.5, 0.6) is 17.5 Å². The van der Waals surface area contributed by atoms with Crippen LogP contribution in [-0.2, 0) is 9.47 Å². The number of nitrogens with zero attached hydrogens (tertiary/aromatic N) is 1. The molecule has 0 radical (unpaired) electrons. The minimum atomic E-state index is -0.575. The van der Waals surface area contributed by atoms with Gasteiger partial charge in [-0.2, -0.15) is 4.98 Å². The molecule has 4 atom stereocenters. The Hall–Kier alpha value is -3.59. The van der Waals surface area contributed by atoms with Crippen LogP contribution < -0.4 is 9.47 Å². The molecule has 2 saturated heterocycles. The van der Waals surface area contributed by atoms with Gasteiger partial charge < -0.3 is 34.1 Å². The molecule has 3 heterocycles. The van der Waals surface area contributed by atoms with Gasteiger partial charge in [-0.05, 0) is 23.3 Å². The summed E-state index contributed by atoms with van der Waals surface area (Å²) in [4.78, 5) is 7.81. The van der Waals surface area contributed by atoms with Crippen LogP contribution in [0, 0.1) is 5.92 Å². The number of hydrogen-bond donors (Lipinski definition) is 3. The van der Waals surface area contributed by atoms with Gasteiger partial charge in [0.1, 0.15) is 23.7 Å². The Morgan fingerprint density at radius 1 is 0.971 bits per heavy atom. The first-order chi connectivity index (χ1) is 17.1. The molecule has 2 fully saturated rings. The number of rotatable bonds is 6. The second-order valence-corrected chi connectivity index (χ2v) is 8.94. The minimum Gasteiger partial charge on any atom is -0.507 e. The Morgan fingerprint density at radius 3 is 2.49 bits per heavy atom. The Morgan fingerprint density at radius 2 is 1.71 bits per heavy atom. The van der Waals surface area contributed by atoms with E-state index in [2.05, 4.69) is 9.97 Å². The van der Waals surface area contributed by atoms with Crippen molar-refractivity contribution in [2.24, 2.45) is 5.92 Å². The third-order valence-corrected chi connectivity index (χ3v) is 6.76. The summed E-state index contributed by atoms with van der Waals surface area (Å²) >= 11 is 0. The Balaban J connectivity index is 1.23. The van der Waals surface area contributed by atoms with Crippen molar-refractivity contribution in [1.29, 1.82) is 0 Å². The highest BCUT2D eigenvalue weighted by Gasteiger charge is 2.47. The molecule has 0 saturated carbocycles. The predicted molar refractivity (Wildman–Crippen MR) is 130 cm³/mol. The van der Waals surface area contributed by atoms with Crippen LogP contribution in [0.3, 0.4) is 0 Å². The molecule has 0 aliphatic carbocycles. The highest BCUT2D eigenvalue weighted by Crippen LogP contribution is 2.37. The SMILES string of the molecule is COc1cc2nc(OC[C@@H]3CO[C@H]4[C@@H]3OC[C@H]4O)[nH]c2cc1-c1ccc(-c2ccccc2O)cc1. The summed E-state index contributed by atoms with van der Waals surface area (Å²) in [5, 5.41) is 20.1. The van der Waals surface area contributed by atoms with Crippen LogP contribution in [0.15, 0.2) is 60.7 Å². The number of ether oxygens (including phenoxy) is 4. The second-order valence-electron chi connectivity index (χ2n) is 8.94. The monoisotopic (exact) mass is 474 g/mol. The first-order valence-corrected chi connectivity index (χ1v) is 11.6. The van der Waals surface area contributed by atoms with Gasteiger partial charge in [0.2, 0.25) is 0 Å². The van der Waals surface area contributed by atoms with E-state index in [1.807, 2.05) is 48.5 Å². The van der Waals surface area contributed by atoms with Crippen molar-refractivity contribution < 1.29 is 29.2 Å². The zero-order chi connectivity index (χ0) is 23.9. The molecule has 6 rings (SSSR count). The molecule has 2 aliphatic rings. The average Bonchev–Trinajstić information content (AvgIpc) is 3.58. The number of H-pyrrole nitrogens is 1. The maximum atomic E-state index is 10.2. The summed E-state index contributed by atoms with van der Waals surface area (Å²) in [5.74, 6) is 0.990. The predicted octanol–water partition coefficient (Wildman–Crippen LogP) is 3.76. The standard InChI is InChI=1S/C27H26N2O6/c1-32-24-11-21-20(28-27(29-21)35-13-17-12-33-26-23(31)14-34-25(17)26)10-19(24)16-8-6-15(7-9-16)18-4-2-3-5-22(18)30/h2-11,17,23,25-26,30-31H,12-14H2,1H3,(H,28,29)/t17-,23+,25+,26+/m0/s1. The number of fused-ring (bicyclic) bond motifs is 2. The van der Waals surface area contributed by atoms with E-state index in [-0.39, 0.29) is 23.9 Å². The van der Waals surface area contributed by atoms with Gasteiger partial charge in [0.25, 0.3) is 6.01 Å². The summed E-state index contributed by atoms with van der Waals surface area (Å²) in [6.45, 7) is 1.17. The molecular weight excluding hydrogens is 448 g/mol. The fraction of sp³-hybridized carbons (Fsp3) is 0.296. The van der Waals surface area contributed by atoms with Crippen molar-refractivity contribution >= 4 is 11.0 Å². The molecule has 1 aromatic heterocycles. The molecule has 4 aromatic rings. The van der Waals surface area contributed by atoms with Crippen LogP contribution in [-0.4, -0.2) is 65.4 Å².